The van der Waals surface area contributed by atoms with E-state index in [1.807, 2.05) is 18.2 Å². The number of nitrogens with two attached hydrogens (primary N) is 2. The molecule has 12 nitrogen and oxygen atoms in total. The molecule has 0 aliphatic heterocycles. The molecular weight excluding hydrogens is 444 g/mol. The minimum absolute atomic E-state index is 0.0362. The maximum absolute atomic E-state index is 12.7. The highest BCUT2D eigenvalue weighted by atomic mass is 16.4. The number of carbonyl (C=O) groups excluding carboxylic acids is 4. The van der Waals surface area contributed by atoms with Crippen LogP contribution in [-0.2, 0) is 30.4 Å². The molecule has 0 saturated carbocycles. The first-order valence-electron chi connectivity index (χ1n) is 10.7. The number of H-pyrrole nitrogens is 1. The van der Waals surface area contributed by atoms with Gasteiger partial charge in [0.05, 0.1) is 19.0 Å². The number of primary amides is 1. The summed E-state index contributed by atoms with van der Waals surface area (Å²) in [4.78, 5) is 63.2. The fourth-order valence-corrected chi connectivity index (χ4v) is 3.24. The van der Waals surface area contributed by atoms with Crippen molar-refractivity contribution in [1.29, 1.82) is 0 Å². The summed E-state index contributed by atoms with van der Waals surface area (Å²) in [5.74, 6) is -4.54. The summed E-state index contributed by atoms with van der Waals surface area (Å²) in [6.07, 6.45) is 1.06. The summed E-state index contributed by atoms with van der Waals surface area (Å²) in [7, 11) is 0. The number of fused-ring (bicyclic) bond motifs is 1. The second-order valence-electron chi connectivity index (χ2n) is 8.24. The summed E-state index contributed by atoms with van der Waals surface area (Å²) < 4.78 is 0. The standard InChI is InChI=1S/C22H30N6O6/c1-11(2)19(24)21(32)26-10-18(30)27-15(8-17(23)29)20(31)28-16(22(33)34)7-12-9-25-14-6-4-3-5-13(12)14/h3-6,9,11,15-16,19,25H,7-8,10,24H2,1-2H3,(H2,23,29)(H,26,32)(H,27,30)(H,28,31)(H,33,34). The Hall–Kier alpha value is -3.93. The van der Waals surface area contributed by atoms with Gasteiger partial charge in [0.2, 0.25) is 23.6 Å². The molecular formula is C22H30N6O6. The van der Waals surface area contributed by atoms with Crippen molar-refractivity contribution in [3.8, 4) is 0 Å². The van der Waals surface area contributed by atoms with E-state index >= 15 is 0 Å². The minimum Gasteiger partial charge on any atom is -0.480 e. The lowest BCUT2D eigenvalue weighted by Gasteiger charge is -2.21. The molecule has 34 heavy (non-hydrogen) atoms. The van der Waals surface area contributed by atoms with Gasteiger partial charge < -0.3 is 37.5 Å². The van der Waals surface area contributed by atoms with Gasteiger partial charge in [-0.25, -0.2) is 4.79 Å². The van der Waals surface area contributed by atoms with Gasteiger partial charge in [-0.15, -0.1) is 0 Å². The van der Waals surface area contributed by atoms with Gasteiger partial charge in [-0.3, -0.25) is 19.2 Å². The molecule has 3 unspecified atom stereocenters. The number of hydrogen-bond acceptors (Lipinski definition) is 6. The quantitative estimate of drug-likeness (QED) is 0.198. The van der Waals surface area contributed by atoms with Crippen LogP contribution in [0.15, 0.2) is 30.5 Å². The first-order valence-corrected chi connectivity index (χ1v) is 10.7. The average molecular weight is 475 g/mol. The molecule has 3 atom stereocenters. The van der Waals surface area contributed by atoms with Crippen LogP contribution in [-0.4, -0.2) is 64.4 Å². The number of rotatable bonds is 12. The van der Waals surface area contributed by atoms with Gasteiger partial charge in [0.1, 0.15) is 12.1 Å². The Morgan fingerprint density at radius 3 is 2.32 bits per heavy atom. The highest BCUT2D eigenvalue weighted by Gasteiger charge is 2.29. The minimum atomic E-state index is -1.43. The van der Waals surface area contributed by atoms with Gasteiger partial charge in [0.15, 0.2) is 0 Å². The van der Waals surface area contributed by atoms with Crippen molar-refractivity contribution in [2.24, 2.45) is 17.4 Å². The molecule has 0 aliphatic carbocycles. The third-order valence-electron chi connectivity index (χ3n) is 5.21. The van der Waals surface area contributed by atoms with E-state index in [4.69, 9.17) is 11.5 Å². The second-order valence-corrected chi connectivity index (χ2v) is 8.24. The number of carboxylic acids is 1. The Labute approximate surface area is 195 Å². The zero-order chi connectivity index (χ0) is 25.4. The molecule has 1 aromatic carbocycles. The van der Waals surface area contributed by atoms with E-state index in [-0.39, 0.29) is 12.3 Å². The lowest BCUT2D eigenvalue weighted by molar-refractivity contribution is -0.142. The number of aliphatic carboxylic acids is 1. The van der Waals surface area contributed by atoms with E-state index < -0.39 is 60.7 Å². The van der Waals surface area contributed by atoms with Gasteiger partial charge >= 0.3 is 5.97 Å². The van der Waals surface area contributed by atoms with Crippen molar-refractivity contribution in [1.82, 2.24) is 20.9 Å². The third kappa shape index (κ3) is 7.30. The number of hydrogen-bond donors (Lipinski definition) is 7. The zero-order valence-corrected chi connectivity index (χ0v) is 19.0. The molecule has 0 fully saturated rings. The molecule has 0 spiro atoms. The number of aromatic nitrogens is 1. The van der Waals surface area contributed by atoms with Crippen molar-refractivity contribution in [3.63, 3.8) is 0 Å². The fourth-order valence-electron chi connectivity index (χ4n) is 3.24. The fraction of sp³-hybridized carbons (Fsp3) is 0.409. The zero-order valence-electron chi connectivity index (χ0n) is 19.0. The van der Waals surface area contributed by atoms with Crippen LogP contribution in [0, 0.1) is 5.92 Å². The van der Waals surface area contributed by atoms with Crippen LogP contribution >= 0.6 is 0 Å². The maximum atomic E-state index is 12.7. The molecule has 184 valence electrons. The Kier molecular flexibility index (Phi) is 9.13. The molecule has 2 rings (SSSR count). The van der Waals surface area contributed by atoms with Crippen LogP contribution < -0.4 is 27.4 Å². The molecule has 0 bridgehead atoms. The summed E-state index contributed by atoms with van der Waals surface area (Å²) in [5.41, 5.74) is 12.4. The van der Waals surface area contributed by atoms with Crippen molar-refractivity contribution < 1.29 is 29.1 Å². The topological polar surface area (TPSA) is 209 Å². The monoisotopic (exact) mass is 474 g/mol. The van der Waals surface area contributed by atoms with Gasteiger partial charge in [0.25, 0.3) is 0 Å². The van der Waals surface area contributed by atoms with Crippen LogP contribution in [0.3, 0.4) is 0 Å². The lowest BCUT2D eigenvalue weighted by atomic mass is 10.0. The van der Waals surface area contributed by atoms with E-state index in [2.05, 4.69) is 20.9 Å². The SMILES string of the molecule is CC(C)C(N)C(=O)NCC(=O)NC(CC(N)=O)C(=O)NC(Cc1c[nH]c2ccccc12)C(=O)O. The van der Waals surface area contributed by atoms with Gasteiger partial charge in [-0.1, -0.05) is 32.0 Å². The highest BCUT2D eigenvalue weighted by molar-refractivity contribution is 5.95. The second kappa shape index (κ2) is 11.8. The Balaban J connectivity index is 2.05. The first-order chi connectivity index (χ1) is 16.0. The van der Waals surface area contributed by atoms with Gasteiger partial charge in [-0.2, -0.15) is 0 Å². The Morgan fingerprint density at radius 2 is 1.71 bits per heavy atom. The van der Waals surface area contributed by atoms with Crippen molar-refractivity contribution in [2.45, 2.75) is 44.8 Å². The number of para-hydroxylation sites is 1. The number of carbonyl (C=O) groups is 5. The summed E-state index contributed by atoms with van der Waals surface area (Å²) in [6, 6.07) is 3.70. The van der Waals surface area contributed by atoms with E-state index in [0.717, 1.165) is 10.9 Å². The molecule has 0 saturated heterocycles. The first kappa shape index (κ1) is 26.3. The van der Waals surface area contributed by atoms with E-state index in [1.54, 1.807) is 26.1 Å². The molecule has 0 aliphatic rings. The summed E-state index contributed by atoms with van der Waals surface area (Å²) in [6.45, 7) is 3.00. The maximum Gasteiger partial charge on any atom is 0.326 e. The number of benzene rings is 1. The number of carboxylic acid groups (broad SMARTS) is 1. The van der Waals surface area contributed by atoms with Crippen LogP contribution in [0.5, 0.6) is 0 Å². The van der Waals surface area contributed by atoms with E-state index in [9.17, 15) is 29.1 Å². The molecule has 9 N–H and O–H groups in total. The number of nitrogens with one attached hydrogen (secondary N) is 4. The van der Waals surface area contributed by atoms with Crippen LogP contribution in [0.2, 0.25) is 0 Å². The summed E-state index contributed by atoms with van der Waals surface area (Å²) >= 11 is 0. The molecule has 0 radical (unpaired) electrons. The summed E-state index contributed by atoms with van der Waals surface area (Å²) in [5, 5.41) is 17.4. The largest absolute Gasteiger partial charge is 0.480 e. The normalized spacial score (nSPS) is 13.6. The number of amides is 4. The molecule has 4 amide bonds. The van der Waals surface area contributed by atoms with E-state index in [1.165, 1.54) is 0 Å². The predicted molar refractivity (Wildman–Crippen MR) is 123 cm³/mol. The molecule has 12 heteroatoms. The highest BCUT2D eigenvalue weighted by Crippen LogP contribution is 2.19. The van der Waals surface area contributed by atoms with Crippen molar-refractivity contribution in [3.05, 3.63) is 36.0 Å². The van der Waals surface area contributed by atoms with Gasteiger partial charge in [0, 0.05) is 23.5 Å². The van der Waals surface area contributed by atoms with Crippen LogP contribution in [0.4, 0.5) is 0 Å². The predicted octanol–water partition coefficient (Wildman–Crippen LogP) is -1.26. The third-order valence-corrected chi connectivity index (χ3v) is 5.21. The smallest absolute Gasteiger partial charge is 0.326 e. The van der Waals surface area contributed by atoms with Crippen LogP contribution in [0.25, 0.3) is 10.9 Å². The molecule has 2 aromatic rings. The Bertz CT molecular complexity index is 1070. The number of aromatic amines is 1. The Morgan fingerprint density at radius 1 is 1.03 bits per heavy atom. The molecule has 1 heterocycles. The van der Waals surface area contributed by atoms with Gasteiger partial charge in [-0.05, 0) is 17.5 Å². The van der Waals surface area contributed by atoms with E-state index in [0.29, 0.717) is 5.56 Å². The lowest BCUT2D eigenvalue weighted by Crippen LogP contribution is -2.55. The van der Waals surface area contributed by atoms with Crippen molar-refractivity contribution >= 4 is 40.5 Å². The van der Waals surface area contributed by atoms with Crippen LogP contribution in [0.1, 0.15) is 25.8 Å². The molecule has 1 aromatic heterocycles. The average Bonchev–Trinajstić information content (AvgIpc) is 3.18. The van der Waals surface area contributed by atoms with Crippen molar-refractivity contribution in [2.75, 3.05) is 6.54 Å².